The Morgan fingerprint density at radius 3 is 2.33 bits per heavy atom. The van der Waals surface area contributed by atoms with Crippen LogP contribution in [0.4, 0.5) is 0 Å². The van der Waals surface area contributed by atoms with Gasteiger partial charge in [-0.05, 0) is 11.1 Å². The van der Waals surface area contributed by atoms with Gasteiger partial charge in [0, 0.05) is 25.1 Å². The molecule has 4 rings (SSSR count). The number of hydrogen-bond acceptors (Lipinski definition) is 4. The fourth-order valence-electron chi connectivity index (χ4n) is 3.52. The summed E-state index contributed by atoms with van der Waals surface area (Å²) in [6.45, 7) is 0.508. The van der Waals surface area contributed by atoms with Gasteiger partial charge in [0.25, 0.3) is 5.91 Å². The Morgan fingerprint density at radius 2 is 1.67 bits per heavy atom. The maximum atomic E-state index is 13.2. The zero-order valence-corrected chi connectivity index (χ0v) is 16.6. The van der Waals surface area contributed by atoms with Gasteiger partial charge in [0.1, 0.15) is 11.7 Å². The molecule has 0 radical (unpaired) electrons. The molecule has 2 aromatic carbocycles. The van der Waals surface area contributed by atoms with Gasteiger partial charge in [0.15, 0.2) is 5.58 Å². The molecule has 2 heterocycles. The molecule has 0 unspecified atom stereocenters. The van der Waals surface area contributed by atoms with Crippen LogP contribution in [0.25, 0.3) is 11.1 Å². The van der Waals surface area contributed by atoms with Gasteiger partial charge in [-0.2, -0.15) is 0 Å². The highest BCUT2D eigenvalue weighted by molar-refractivity contribution is 5.99. The third-order valence-corrected chi connectivity index (χ3v) is 5.01. The second kappa shape index (κ2) is 8.69. The standard InChI is InChI=1S/C24H22N2O4/c1-29-24(28)19(14-17-8-4-2-5-9-17)25-23(27)21-15-22-20(12-13-30-22)26(21)16-18-10-6-3-7-11-18/h2-13,15,19H,14,16H2,1H3,(H,25,27)/t19-/m0/s1. The quantitative estimate of drug-likeness (QED) is 0.477. The number of esters is 1. The Bertz CT molecular complexity index is 1150. The van der Waals surface area contributed by atoms with E-state index in [9.17, 15) is 9.59 Å². The first-order chi connectivity index (χ1) is 14.7. The SMILES string of the molecule is COC(=O)[C@H](Cc1ccccc1)NC(=O)c1cc2occc2n1Cc1ccccc1. The lowest BCUT2D eigenvalue weighted by Gasteiger charge is -2.17. The molecule has 1 atom stereocenters. The minimum atomic E-state index is -0.795. The van der Waals surface area contributed by atoms with E-state index in [4.69, 9.17) is 9.15 Å². The van der Waals surface area contributed by atoms with Crippen molar-refractivity contribution in [2.24, 2.45) is 0 Å². The van der Waals surface area contributed by atoms with E-state index < -0.39 is 12.0 Å². The summed E-state index contributed by atoms with van der Waals surface area (Å²) in [6.07, 6.45) is 1.94. The number of benzene rings is 2. The number of methoxy groups -OCH3 is 1. The van der Waals surface area contributed by atoms with Gasteiger partial charge in [-0.3, -0.25) is 4.79 Å². The zero-order valence-electron chi connectivity index (χ0n) is 16.6. The second-order valence-electron chi connectivity index (χ2n) is 7.01. The fraction of sp³-hybridized carbons (Fsp3) is 0.167. The normalized spacial score (nSPS) is 11.9. The van der Waals surface area contributed by atoms with Crippen molar-refractivity contribution in [3.05, 3.63) is 95.9 Å². The first-order valence-corrected chi connectivity index (χ1v) is 9.69. The first kappa shape index (κ1) is 19.5. The van der Waals surface area contributed by atoms with E-state index in [0.717, 1.165) is 16.6 Å². The van der Waals surface area contributed by atoms with Crippen molar-refractivity contribution in [1.29, 1.82) is 0 Å². The monoisotopic (exact) mass is 402 g/mol. The number of amides is 1. The van der Waals surface area contributed by atoms with Crippen molar-refractivity contribution in [3.8, 4) is 0 Å². The molecule has 0 aliphatic rings. The van der Waals surface area contributed by atoms with E-state index in [-0.39, 0.29) is 5.91 Å². The summed E-state index contributed by atoms with van der Waals surface area (Å²) in [5.74, 6) is -0.847. The summed E-state index contributed by atoms with van der Waals surface area (Å²) >= 11 is 0. The van der Waals surface area contributed by atoms with Crippen molar-refractivity contribution < 1.29 is 18.7 Å². The molecular weight excluding hydrogens is 380 g/mol. The van der Waals surface area contributed by atoms with Crippen LogP contribution < -0.4 is 5.32 Å². The lowest BCUT2D eigenvalue weighted by atomic mass is 10.1. The fourth-order valence-corrected chi connectivity index (χ4v) is 3.52. The van der Waals surface area contributed by atoms with Crippen LogP contribution in [0.1, 0.15) is 21.6 Å². The van der Waals surface area contributed by atoms with Gasteiger partial charge < -0.3 is 19.0 Å². The molecule has 152 valence electrons. The number of carbonyl (C=O) groups excluding carboxylic acids is 2. The van der Waals surface area contributed by atoms with Gasteiger partial charge >= 0.3 is 5.97 Å². The predicted octanol–water partition coefficient (Wildman–Crippen LogP) is 3.80. The number of rotatable bonds is 7. The molecule has 4 aromatic rings. The number of fused-ring (bicyclic) bond motifs is 1. The second-order valence-corrected chi connectivity index (χ2v) is 7.01. The summed E-state index contributed by atoms with van der Waals surface area (Å²) in [7, 11) is 1.32. The number of hydrogen-bond donors (Lipinski definition) is 1. The van der Waals surface area contributed by atoms with Gasteiger partial charge in [0.05, 0.1) is 18.9 Å². The highest BCUT2D eigenvalue weighted by Crippen LogP contribution is 2.23. The molecule has 1 N–H and O–H groups in total. The smallest absolute Gasteiger partial charge is 0.328 e. The molecule has 0 aliphatic heterocycles. The minimum absolute atomic E-state index is 0.342. The Kier molecular flexibility index (Phi) is 5.66. The van der Waals surface area contributed by atoms with Crippen LogP contribution >= 0.6 is 0 Å². The molecule has 0 saturated heterocycles. The Hall–Kier alpha value is -3.80. The van der Waals surface area contributed by atoms with Crippen LogP contribution in [-0.4, -0.2) is 29.6 Å². The van der Waals surface area contributed by atoms with Crippen LogP contribution in [0, 0.1) is 0 Å². The summed E-state index contributed by atoms with van der Waals surface area (Å²) < 4.78 is 12.3. The summed E-state index contributed by atoms with van der Waals surface area (Å²) in [6, 6.07) is 22.1. The lowest BCUT2D eigenvalue weighted by Crippen LogP contribution is -2.43. The molecule has 0 bridgehead atoms. The molecule has 0 spiro atoms. The summed E-state index contributed by atoms with van der Waals surface area (Å²) in [5.41, 5.74) is 3.85. The Balaban J connectivity index is 1.62. The van der Waals surface area contributed by atoms with E-state index in [2.05, 4.69) is 5.32 Å². The molecule has 2 aromatic heterocycles. The molecule has 1 amide bonds. The highest BCUT2D eigenvalue weighted by Gasteiger charge is 2.25. The van der Waals surface area contributed by atoms with E-state index >= 15 is 0 Å². The summed E-state index contributed by atoms with van der Waals surface area (Å²) in [4.78, 5) is 25.5. The van der Waals surface area contributed by atoms with E-state index in [1.165, 1.54) is 7.11 Å². The van der Waals surface area contributed by atoms with Gasteiger partial charge in [-0.15, -0.1) is 0 Å². The third kappa shape index (κ3) is 4.12. The Labute approximate surface area is 174 Å². The van der Waals surface area contributed by atoms with Gasteiger partial charge in [0.2, 0.25) is 0 Å². The van der Waals surface area contributed by atoms with Crippen LogP contribution in [0.2, 0.25) is 0 Å². The lowest BCUT2D eigenvalue weighted by molar-refractivity contribution is -0.142. The maximum absolute atomic E-state index is 13.2. The number of nitrogens with zero attached hydrogens (tertiary/aromatic N) is 1. The average molecular weight is 402 g/mol. The zero-order chi connectivity index (χ0) is 20.9. The Morgan fingerprint density at radius 1 is 1.00 bits per heavy atom. The predicted molar refractivity (Wildman–Crippen MR) is 113 cm³/mol. The van der Waals surface area contributed by atoms with E-state index in [1.54, 1.807) is 12.3 Å². The summed E-state index contributed by atoms with van der Waals surface area (Å²) in [5, 5.41) is 2.83. The number of furan rings is 1. The van der Waals surface area contributed by atoms with Crippen molar-refractivity contribution >= 4 is 23.0 Å². The first-order valence-electron chi connectivity index (χ1n) is 9.69. The number of aromatic nitrogens is 1. The molecule has 6 heteroatoms. The van der Waals surface area contributed by atoms with Gasteiger partial charge in [-0.25, -0.2) is 4.79 Å². The molecule has 0 saturated carbocycles. The van der Waals surface area contributed by atoms with Crippen LogP contribution in [-0.2, 0) is 22.5 Å². The van der Waals surface area contributed by atoms with Crippen molar-refractivity contribution in [3.63, 3.8) is 0 Å². The molecule has 30 heavy (non-hydrogen) atoms. The molecule has 0 fully saturated rings. The van der Waals surface area contributed by atoms with Gasteiger partial charge in [-0.1, -0.05) is 60.7 Å². The van der Waals surface area contributed by atoms with Crippen molar-refractivity contribution in [2.75, 3.05) is 7.11 Å². The molecular formula is C24H22N2O4. The van der Waals surface area contributed by atoms with Crippen LogP contribution in [0.15, 0.2) is 83.5 Å². The minimum Gasteiger partial charge on any atom is -0.467 e. The molecule has 0 aliphatic carbocycles. The number of carbonyl (C=O) groups is 2. The number of nitrogens with one attached hydrogen (secondary N) is 1. The van der Waals surface area contributed by atoms with Crippen molar-refractivity contribution in [2.45, 2.75) is 19.0 Å². The van der Waals surface area contributed by atoms with Crippen LogP contribution in [0.3, 0.4) is 0 Å². The molecule has 6 nitrogen and oxygen atoms in total. The average Bonchev–Trinajstić information content (AvgIpc) is 3.37. The maximum Gasteiger partial charge on any atom is 0.328 e. The number of ether oxygens (including phenoxy) is 1. The van der Waals surface area contributed by atoms with E-state index in [1.807, 2.05) is 71.3 Å². The topological polar surface area (TPSA) is 73.5 Å². The largest absolute Gasteiger partial charge is 0.467 e. The van der Waals surface area contributed by atoms with E-state index in [0.29, 0.717) is 24.2 Å². The highest BCUT2D eigenvalue weighted by atomic mass is 16.5. The van der Waals surface area contributed by atoms with Crippen molar-refractivity contribution in [1.82, 2.24) is 9.88 Å². The third-order valence-electron chi connectivity index (χ3n) is 5.01. The van der Waals surface area contributed by atoms with Crippen LogP contribution in [0.5, 0.6) is 0 Å².